The highest BCUT2D eigenvalue weighted by atomic mass is 32.2. The minimum absolute atomic E-state index is 0.141. The van der Waals surface area contributed by atoms with Gasteiger partial charge in [0.2, 0.25) is 0 Å². The van der Waals surface area contributed by atoms with Crippen LogP contribution in [0.25, 0.3) is 0 Å². The standard InChI is InChI=1S/C17H23NO4S/c1-2-14-7-3-5-9-16(14)18(23(20)21)17-10-6-4-8-15(17)11-12-22-13-19/h3,5,7-9,13,17H,2,4,6,10-12H2,1H3,(H,20,21). The number of hydrogen-bond donors (Lipinski definition) is 1. The molecular formula is C17H23NO4S. The summed E-state index contributed by atoms with van der Waals surface area (Å²) >= 11 is -2.11. The predicted molar refractivity (Wildman–Crippen MR) is 91.4 cm³/mol. The van der Waals surface area contributed by atoms with Crippen LogP contribution in [0, 0.1) is 0 Å². The zero-order valence-corrected chi connectivity index (χ0v) is 14.1. The van der Waals surface area contributed by atoms with E-state index >= 15 is 0 Å². The van der Waals surface area contributed by atoms with Gasteiger partial charge in [-0.05, 0) is 42.9 Å². The molecule has 6 heteroatoms. The minimum atomic E-state index is -2.11. The van der Waals surface area contributed by atoms with Gasteiger partial charge in [-0.25, -0.2) is 4.21 Å². The summed E-state index contributed by atoms with van der Waals surface area (Å²) in [4.78, 5) is 10.3. The monoisotopic (exact) mass is 337 g/mol. The molecule has 1 aromatic carbocycles. The summed E-state index contributed by atoms with van der Waals surface area (Å²) in [5.41, 5.74) is 2.90. The lowest BCUT2D eigenvalue weighted by Crippen LogP contribution is -2.40. The Bertz CT molecular complexity index is 588. The van der Waals surface area contributed by atoms with E-state index in [1.165, 1.54) is 0 Å². The first-order valence-electron chi connectivity index (χ1n) is 7.91. The van der Waals surface area contributed by atoms with Crippen LogP contribution in [0.3, 0.4) is 0 Å². The van der Waals surface area contributed by atoms with E-state index in [4.69, 9.17) is 4.74 Å². The Morgan fingerprint density at radius 3 is 2.91 bits per heavy atom. The molecule has 0 aromatic heterocycles. The molecule has 23 heavy (non-hydrogen) atoms. The molecule has 0 fully saturated rings. The average molecular weight is 337 g/mol. The number of aryl methyl sites for hydroxylation is 1. The summed E-state index contributed by atoms with van der Waals surface area (Å²) in [6.07, 6.45) is 6.24. The first-order valence-corrected chi connectivity index (χ1v) is 8.97. The molecule has 2 rings (SSSR count). The van der Waals surface area contributed by atoms with Crippen LogP contribution < -0.4 is 4.31 Å². The third-order valence-corrected chi connectivity index (χ3v) is 4.94. The number of ether oxygens (including phenoxy) is 1. The van der Waals surface area contributed by atoms with E-state index in [0.717, 1.165) is 42.5 Å². The molecule has 0 amide bonds. The Labute approximate surface area is 139 Å². The lowest BCUT2D eigenvalue weighted by Gasteiger charge is -2.35. The molecule has 1 aromatic rings. The number of carbonyl (C=O) groups excluding carboxylic acids is 1. The topological polar surface area (TPSA) is 66.8 Å². The van der Waals surface area contributed by atoms with Crippen molar-refractivity contribution < 1.29 is 18.3 Å². The van der Waals surface area contributed by atoms with Gasteiger partial charge in [0, 0.05) is 6.42 Å². The summed E-state index contributed by atoms with van der Waals surface area (Å²) in [5, 5.41) is 0. The number of benzene rings is 1. The number of allylic oxidation sites excluding steroid dienone is 1. The van der Waals surface area contributed by atoms with Crippen LogP contribution in [0.5, 0.6) is 0 Å². The van der Waals surface area contributed by atoms with Gasteiger partial charge < -0.3 is 4.74 Å². The first kappa shape index (κ1) is 17.7. The molecule has 0 spiro atoms. The maximum atomic E-state index is 12.1. The van der Waals surface area contributed by atoms with E-state index in [-0.39, 0.29) is 6.04 Å². The Balaban J connectivity index is 2.31. The van der Waals surface area contributed by atoms with Crippen molar-refractivity contribution >= 4 is 23.4 Å². The summed E-state index contributed by atoms with van der Waals surface area (Å²) in [6, 6.07) is 7.56. The maximum absolute atomic E-state index is 12.1. The molecule has 0 radical (unpaired) electrons. The highest BCUT2D eigenvalue weighted by Gasteiger charge is 2.29. The second-order valence-corrected chi connectivity index (χ2v) is 6.34. The van der Waals surface area contributed by atoms with Crippen molar-refractivity contribution in [2.45, 2.75) is 45.1 Å². The zero-order chi connectivity index (χ0) is 16.7. The summed E-state index contributed by atoms with van der Waals surface area (Å²) in [5.74, 6) is 0. The van der Waals surface area contributed by atoms with Crippen LogP contribution >= 0.6 is 0 Å². The number of anilines is 1. The maximum Gasteiger partial charge on any atom is 0.293 e. The second kappa shape index (κ2) is 8.84. The van der Waals surface area contributed by atoms with Crippen LogP contribution in [0.2, 0.25) is 0 Å². The smallest absolute Gasteiger partial charge is 0.293 e. The van der Waals surface area contributed by atoms with Crippen molar-refractivity contribution in [3.8, 4) is 0 Å². The molecule has 1 N–H and O–H groups in total. The number of hydrogen-bond acceptors (Lipinski definition) is 3. The molecule has 0 bridgehead atoms. The molecule has 0 heterocycles. The molecule has 5 nitrogen and oxygen atoms in total. The molecule has 2 unspecified atom stereocenters. The van der Waals surface area contributed by atoms with Gasteiger partial charge in [-0.2, -0.15) is 0 Å². The number of rotatable bonds is 8. The lowest BCUT2D eigenvalue weighted by atomic mass is 9.91. The first-order chi connectivity index (χ1) is 11.2. The highest BCUT2D eigenvalue weighted by Crippen LogP contribution is 2.32. The van der Waals surface area contributed by atoms with Gasteiger partial charge in [-0.3, -0.25) is 13.7 Å². The van der Waals surface area contributed by atoms with Crippen molar-refractivity contribution in [2.24, 2.45) is 0 Å². The third kappa shape index (κ3) is 4.42. The van der Waals surface area contributed by atoms with Crippen molar-refractivity contribution in [2.75, 3.05) is 10.9 Å². The van der Waals surface area contributed by atoms with Crippen LogP contribution in [-0.2, 0) is 27.2 Å². The molecule has 0 saturated carbocycles. The Morgan fingerprint density at radius 2 is 2.22 bits per heavy atom. The van der Waals surface area contributed by atoms with Crippen molar-refractivity contribution in [1.29, 1.82) is 0 Å². The van der Waals surface area contributed by atoms with Gasteiger partial charge in [0.25, 0.3) is 17.7 Å². The Hall–Kier alpha value is -1.66. The largest absolute Gasteiger partial charge is 0.468 e. The number of nitrogens with zero attached hydrogens (tertiary/aromatic N) is 1. The molecule has 126 valence electrons. The summed E-state index contributed by atoms with van der Waals surface area (Å²) in [7, 11) is 0. The normalized spacial score (nSPS) is 18.9. The highest BCUT2D eigenvalue weighted by molar-refractivity contribution is 7.80. The van der Waals surface area contributed by atoms with Crippen molar-refractivity contribution in [3.63, 3.8) is 0 Å². The molecule has 0 saturated heterocycles. The van der Waals surface area contributed by atoms with E-state index in [1.807, 2.05) is 31.2 Å². The molecule has 1 aliphatic rings. The predicted octanol–water partition coefficient (Wildman–Crippen LogP) is 3.23. The van der Waals surface area contributed by atoms with E-state index in [9.17, 15) is 13.6 Å². The Kier molecular flexibility index (Phi) is 6.80. The van der Waals surface area contributed by atoms with Crippen LogP contribution in [0.1, 0.15) is 38.2 Å². The lowest BCUT2D eigenvalue weighted by molar-refractivity contribution is -0.128. The van der Waals surface area contributed by atoms with Crippen LogP contribution in [0.4, 0.5) is 5.69 Å². The minimum Gasteiger partial charge on any atom is -0.468 e. The summed E-state index contributed by atoms with van der Waals surface area (Å²) < 4.78 is 28.4. The fraction of sp³-hybridized carbons (Fsp3) is 0.471. The quantitative estimate of drug-likeness (QED) is 0.342. The van der Waals surface area contributed by atoms with Gasteiger partial charge >= 0.3 is 0 Å². The third-order valence-electron chi connectivity index (χ3n) is 4.15. The van der Waals surface area contributed by atoms with Crippen molar-refractivity contribution in [3.05, 3.63) is 41.5 Å². The van der Waals surface area contributed by atoms with E-state index < -0.39 is 11.3 Å². The van der Waals surface area contributed by atoms with Gasteiger partial charge in [-0.1, -0.05) is 31.2 Å². The summed E-state index contributed by atoms with van der Waals surface area (Å²) in [6.45, 7) is 2.77. The second-order valence-electron chi connectivity index (χ2n) is 5.48. The van der Waals surface area contributed by atoms with E-state index in [1.54, 1.807) is 4.31 Å². The zero-order valence-electron chi connectivity index (χ0n) is 13.3. The molecular weight excluding hydrogens is 314 g/mol. The van der Waals surface area contributed by atoms with Gasteiger partial charge in [0.1, 0.15) is 0 Å². The number of carbonyl (C=O) groups is 1. The molecule has 1 aliphatic carbocycles. The SMILES string of the molecule is CCc1ccccc1N(C1CCCC=C1CCOC=O)S(=O)O. The van der Waals surface area contributed by atoms with Gasteiger partial charge in [0.15, 0.2) is 0 Å². The average Bonchev–Trinajstić information content (AvgIpc) is 2.57. The number of para-hydroxylation sites is 1. The van der Waals surface area contributed by atoms with Crippen molar-refractivity contribution in [1.82, 2.24) is 0 Å². The van der Waals surface area contributed by atoms with Crippen LogP contribution in [-0.4, -0.2) is 27.9 Å². The molecule has 2 atom stereocenters. The van der Waals surface area contributed by atoms with Crippen LogP contribution in [0.15, 0.2) is 35.9 Å². The fourth-order valence-electron chi connectivity index (χ4n) is 3.07. The van der Waals surface area contributed by atoms with E-state index in [0.29, 0.717) is 19.5 Å². The van der Waals surface area contributed by atoms with E-state index in [2.05, 4.69) is 6.08 Å². The Morgan fingerprint density at radius 1 is 1.43 bits per heavy atom. The molecule has 0 aliphatic heterocycles. The van der Waals surface area contributed by atoms with Gasteiger partial charge in [-0.15, -0.1) is 0 Å². The van der Waals surface area contributed by atoms with Gasteiger partial charge in [0.05, 0.1) is 18.3 Å². The fourth-order valence-corrected chi connectivity index (χ4v) is 3.87.